The number of hydrogen-bond donors (Lipinski definition) is 3. The fraction of sp³-hybridized carbons (Fsp3) is 0.485. The van der Waals surface area contributed by atoms with Gasteiger partial charge in [0, 0.05) is 36.6 Å². The molecular weight excluding hydrogens is 695 g/mol. The number of methoxy groups -OCH3 is 3. The minimum atomic E-state index is -1.21. The molecule has 11 nitrogen and oxygen atoms in total. The Labute approximate surface area is 277 Å². The van der Waals surface area contributed by atoms with Crippen molar-refractivity contribution in [3.8, 4) is 23.0 Å². The number of aldehydes is 1. The predicted molar refractivity (Wildman–Crippen MR) is 175 cm³/mol. The molecule has 0 aromatic heterocycles. The largest absolute Gasteiger partial charge is 0.497 e. The number of aliphatic hydroxyl groups is 2. The number of amides is 2. The Bertz CT molecular complexity index is 1390. The molecule has 0 bridgehead atoms. The third kappa shape index (κ3) is 8.27. The topological polar surface area (TPSA) is 144 Å². The maximum absolute atomic E-state index is 14.1. The Morgan fingerprint density at radius 1 is 1.07 bits per heavy atom. The molecule has 3 atom stereocenters. The van der Waals surface area contributed by atoms with Gasteiger partial charge < -0.3 is 39.4 Å². The molecule has 0 aliphatic heterocycles. The molecular formula is C33H41IN2O9. The van der Waals surface area contributed by atoms with Gasteiger partial charge in [-0.1, -0.05) is 12.8 Å². The first-order chi connectivity index (χ1) is 21.7. The fourth-order valence-electron chi connectivity index (χ4n) is 6.00. The third-order valence-electron chi connectivity index (χ3n) is 8.35. The molecule has 2 amide bonds. The Morgan fingerprint density at radius 2 is 1.80 bits per heavy atom. The summed E-state index contributed by atoms with van der Waals surface area (Å²) in [6.07, 6.45) is 3.96. The van der Waals surface area contributed by atoms with Crippen LogP contribution in [0.25, 0.3) is 0 Å². The molecule has 1 fully saturated rings. The van der Waals surface area contributed by atoms with Gasteiger partial charge >= 0.3 is 0 Å². The van der Waals surface area contributed by atoms with Crippen LogP contribution >= 0.6 is 22.6 Å². The van der Waals surface area contributed by atoms with Crippen molar-refractivity contribution in [2.75, 3.05) is 41.0 Å². The molecule has 0 spiro atoms. The standard InChI is InChI=1S/C33H41IN2O9/c1-42-24-8-9-27(43-2)22(16-24)10-12-36(33(41)21-6-4-5-7-21)26-17-23(32(40)35-11-13-37)18-28(30(26)39)45-31-25(34)14-20(19-38)15-29(31)44-3/h8-9,14-16,18-19,21,26,28,30,37,39H,4-7,10-13,17H2,1-3H3,(H,35,40)/t26-,28+,30+/m1/s1. The molecule has 2 aromatic rings. The van der Waals surface area contributed by atoms with E-state index in [1.165, 1.54) is 13.2 Å². The van der Waals surface area contributed by atoms with Crippen LogP contribution in [0.15, 0.2) is 42.0 Å². The molecule has 0 unspecified atom stereocenters. The van der Waals surface area contributed by atoms with E-state index in [-0.39, 0.29) is 37.9 Å². The monoisotopic (exact) mass is 736 g/mol. The van der Waals surface area contributed by atoms with Crippen molar-refractivity contribution in [1.82, 2.24) is 10.2 Å². The van der Waals surface area contributed by atoms with Gasteiger partial charge in [0.25, 0.3) is 0 Å². The molecule has 0 saturated heterocycles. The van der Waals surface area contributed by atoms with E-state index in [4.69, 9.17) is 18.9 Å². The molecule has 2 aromatic carbocycles. The zero-order chi connectivity index (χ0) is 32.5. The van der Waals surface area contributed by atoms with Gasteiger partial charge in [0.2, 0.25) is 11.8 Å². The third-order valence-corrected chi connectivity index (χ3v) is 9.15. The van der Waals surface area contributed by atoms with Gasteiger partial charge in [-0.15, -0.1) is 0 Å². The first-order valence-corrected chi connectivity index (χ1v) is 16.1. The Kier molecular flexibility index (Phi) is 12.5. The van der Waals surface area contributed by atoms with Crippen LogP contribution in [-0.2, 0) is 16.0 Å². The molecule has 244 valence electrons. The van der Waals surface area contributed by atoms with Crippen LogP contribution in [0.3, 0.4) is 0 Å². The van der Waals surface area contributed by atoms with E-state index >= 15 is 0 Å². The van der Waals surface area contributed by atoms with Gasteiger partial charge in [-0.2, -0.15) is 0 Å². The second kappa shape index (κ2) is 16.3. The summed E-state index contributed by atoms with van der Waals surface area (Å²) in [6, 6.07) is 7.86. The Hall–Kier alpha value is -3.36. The van der Waals surface area contributed by atoms with Crippen molar-refractivity contribution in [3.63, 3.8) is 0 Å². The highest BCUT2D eigenvalue weighted by Gasteiger charge is 2.42. The van der Waals surface area contributed by atoms with Crippen LogP contribution in [0.1, 0.15) is 48.0 Å². The smallest absolute Gasteiger partial charge is 0.247 e. The zero-order valence-electron chi connectivity index (χ0n) is 25.8. The zero-order valence-corrected chi connectivity index (χ0v) is 27.9. The summed E-state index contributed by atoms with van der Waals surface area (Å²) in [5, 5.41) is 23.9. The number of carbonyl (C=O) groups is 3. The maximum Gasteiger partial charge on any atom is 0.247 e. The molecule has 0 heterocycles. The first kappa shape index (κ1) is 34.5. The molecule has 3 N–H and O–H groups in total. The Morgan fingerprint density at radius 3 is 2.44 bits per heavy atom. The van der Waals surface area contributed by atoms with Gasteiger partial charge in [-0.25, -0.2) is 0 Å². The van der Waals surface area contributed by atoms with Crippen LogP contribution in [0.5, 0.6) is 23.0 Å². The summed E-state index contributed by atoms with van der Waals surface area (Å²) >= 11 is 2.03. The highest BCUT2D eigenvalue weighted by Crippen LogP contribution is 2.38. The van der Waals surface area contributed by atoms with E-state index < -0.39 is 24.2 Å². The van der Waals surface area contributed by atoms with E-state index in [2.05, 4.69) is 5.32 Å². The summed E-state index contributed by atoms with van der Waals surface area (Å²) in [4.78, 5) is 40.5. The summed E-state index contributed by atoms with van der Waals surface area (Å²) in [5.74, 6) is 1.22. The van der Waals surface area contributed by atoms with Crippen molar-refractivity contribution < 1.29 is 43.5 Å². The number of nitrogens with one attached hydrogen (secondary N) is 1. The van der Waals surface area contributed by atoms with Gasteiger partial charge in [0.05, 0.1) is 37.5 Å². The lowest BCUT2D eigenvalue weighted by Gasteiger charge is -2.41. The maximum atomic E-state index is 14.1. The minimum Gasteiger partial charge on any atom is -0.497 e. The van der Waals surface area contributed by atoms with Gasteiger partial charge in [-0.3, -0.25) is 14.4 Å². The number of nitrogens with zero attached hydrogens (tertiary/aromatic N) is 1. The van der Waals surface area contributed by atoms with Crippen molar-refractivity contribution in [2.45, 2.75) is 56.8 Å². The second-order valence-electron chi connectivity index (χ2n) is 11.1. The van der Waals surface area contributed by atoms with Gasteiger partial charge in [-0.05, 0) is 83.8 Å². The minimum absolute atomic E-state index is 0.0498. The molecule has 2 aliphatic rings. The number of aliphatic hydroxyl groups excluding tert-OH is 2. The van der Waals surface area contributed by atoms with E-state index in [1.54, 1.807) is 37.3 Å². The molecule has 2 aliphatic carbocycles. The molecule has 0 radical (unpaired) electrons. The van der Waals surface area contributed by atoms with Gasteiger partial charge in [0.15, 0.2) is 11.5 Å². The van der Waals surface area contributed by atoms with Gasteiger partial charge in [0.1, 0.15) is 30.0 Å². The van der Waals surface area contributed by atoms with Crippen molar-refractivity contribution >= 4 is 40.7 Å². The first-order valence-electron chi connectivity index (χ1n) is 15.0. The molecule has 45 heavy (non-hydrogen) atoms. The van der Waals surface area contributed by atoms with Crippen LogP contribution in [-0.4, -0.2) is 92.5 Å². The van der Waals surface area contributed by atoms with Crippen molar-refractivity contribution in [3.05, 3.63) is 56.7 Å². The lowest BCUT2D eigenvalue weighted by molar-refractivity contribution is -0.142. The van der Waals surface area contributed by atoms with E-state index in [9.17, 15) is 24.6 Å². The lowest BCUT2D eigenvalue weighted by atomic mass is 9.87. The summed E-state index contributed by atoms with van der Waals surface area (Å²) in [7, 11) is 4.61. The number of benzene rings is 2. The lowest BCUT2D eigenvalue weighted by Crippen LogP contribution is -2.56. The number of ether oxygens (including phenoxy) is 4. The van der Waals surface area contributed by atoms with Crippen LogP contribution < -0.4 is 24.3 Å². The van der Waals surface area contributed by atoms with E-state index in [1.807, 2.05) is 34.7 Å². The summed E-state index contributed by atoms with van der Waals surface area (Å²) < 4.78 is 23.4. The highest BCUT2D eigenvalue weighted by atomic mass is 127. The number of carbonyl (C=O) groups excluding carboxylic acids is 3. The molecule has 4 rings (SSSR count). The average Bonchev–Trinajstić information content (AvgIpc) is 3.60. The van der Waals surface area contributed by atoms with E-state index in [0.29, 0.717) is 50.4 Å². The predicted octanol–water partition coefficient (Wildman–Crippen LogP) is 3.31. The van der Waals surface area contributed by atoms with E-state index in [0.717, 1.165) is 31.2 Å². The number of hydrogen-bond acceptors (Lipinski definition) is 9. The molecule has 12 heteroatoms. The SMILES string of the molecule is COc1ccc(OC)c(CCN(C(=O)C2CCCC2)[C@@H]2CC(C(=O)NCCO)=C[C@H](Oc3c(I)cc(C=O)cc3OC)[C@H]2O)c1. The Balaban J connectivity index is 1.72. The highest BCUT2D eigenvalue weighted by molar-refractivity contribution is 14.1. The number of halogens is 1. The fourth-order valence-corrected chi connectivity index (χ4v) is 6.76. The average molecular weight is 737 g/mol. The van der Waals surface area contributed by atoms with Crippen LogP contribution in [0.4, 0.5) is 0 Å². The summed E-state index contributed by atoms with van der Waals surface area (Å²) in [5.41, 5.74) is 1.56. The molecule has 1 saturated carbocycles. The second-order valence-corrected chi connectivity index (χ2v) is 12.3. The summed E-state index contributed by atoms with van der Waals surface area (Å²) in [6.45, 7) is 0.0695. The quantitative estimate of drug-likeness (QED) is 0.197. The number of rotatable bonds is 14. The van der Waals surface area contributed by atoms with Crippen molar-refractivity contribution in [1.29, 1.82) is 0 Å². The van der Waals surface area contributed by atoms with Crippen molar-refractivity contribution in [2.24, 2.45) is 5.92 Å². The normalized spacial score (nSPS) is 19.8. The van der Waals surface area contributed by atoms with Crippen LogP contribution in [0, 0.1) is 9.49 Å². The van der Waals surface area contributed by atoms with Crippen LogP contribution in [0.2, 0.25) is 0 Å².